The van der Waals surface area contributed by atoms with E-state index in [4.69, 9.17) is 9.47 Å². The molecule has 6 nitrogen and oxygen atoms in total. The molecular weight excluding hydrogens is 316 g/mol. The van der Waals surface area contributed by atoms with E-state index >= 15 is 0 Å². The molecule has 0 N–H and O–H groups in total. The van der Waals surface area contributed by atoms with Gasteiger partial charge in [-0.25, -0.2) is 0 Å². The van der Waals surface area contributed by atoms with Crippen LogP contribution < -0.4 is 4.31 Å². The first-order valence-electron chi connectivity index (χ1n) is 8.24. The first-order chi connectivity index (χ1) is 11.1. The molecule has 126 valence electrons. The fourth-order valence-corrected chi connectivity index (χ4v) is 5.43. The fraction of sp³-hybridized carbons (Fsp3) is 0.625. The number of para-hydroxylation sites is 1. The number of hydrogen-bond acceptors (Lipinski definition) is 4. The van der Waals surface area contributed by atoms with Crippen molar-refractivity contribution in [2.45, 2.75) is 31.5 Å². The Balaban J connectivity index is 1.55. The Morgan fingerprint density at radius 2 is 1.70 bits per heavy atom. The molecule has 3 aliphatic heterocycles. The molecule has 0 radical (unpaired) electrons. The highest BCUT2D eigenvalue weighted by Crippen LogP contribution is 2.35. The molecule has 0 saturated carbocycles. The Bertz CT molecular complexity index is 675. The predicted octanol–water partition coefficient (Wildman–Crippen LogP) is 1.52. The summed E-state index contributed by atoms with van der Waals surface area (Å²) >= 11 is 0. The van der Waals surface area contributed by atoms with E-state index in [1.807, 2.05) is 24.3 Å². The van der Waals surface area contributed by atoms with Crippen molar-refractivity contribution < 1.29 is 17.9 Å². The van der Waals surface area contributed by atoms with Gasteiger partial charge < -0.3 is 9.47 Å². The second-order valence-corrected chi connectivity index (χ2v) is 8.17. The van der Waals surface area contributed by atoms with E-state index in [1.165, 1.54) is 0 Å². The molecule has 4 rings (SSSR count). The Labute approximate surface area is 137 Å². The van der Waals surface area contributed by atoms with Gasteiger partial charge in [0.1, 0.15) is 0 Å². The van der Waals surface area contributed by atoms with Crippen LogP contribution in [-0.2, 0) is 26.1 Å². The van der Waals surface area contributed by atoms with Crippen molar-refractivity contribution in [2.75, 3.05) is 37.2 Å². The Morgan fingerprint density at radius 3 is 2.43 bits per heavy atom. The third-order valence-corrected chi connectivity index (χ3v) is 6.92. The molecule has 0 aromatic heterocycles. The van der Waals surface area contributed by atoms with Crippen LogP contribution in [0.25, 0.3) is 0 Å². The van der Waals surface area contributed by atoms with E-state index in [0.717, 1.165) is 24.1 Å². The molecule has 0 atom stereocenters. The van der Waals surface area contributed by atoms with E-state index in [0.29, 0.717) is 45.7 Å². The van der Waals surface area contributed by atoms with Crippen LogP contribution in [0.4, 0.5) is 5.69 Å². The van der Waals surface area contributed by atoms with Gasteiger partial charge in [0.25, 0.3) is 0 Å². The minimum absolute atomic E-state index is 0.445. The van der Waals surface area contributed by atoms with Gasteiger partial charge in [-0.15, -0.1) is 0 Å². The maximum absolute atomic E-state index is 13.1. The minimum Gasteiger partial charge on any atom is -0.347 e. The van der Waals surface area contributed by atoms with Crippen LogP contribution in [0, 0.1) is 0 Å². The number of aryl methyl sites for hydroxylation is 1. The van der Waals surface area contributed by atoms with Crippen molar-refractivity contribution >= 4 is 15.9 Å². The number of piperidine rings is 1. The van der Waals surface area contributed by atoms with E-state index < -0.39 is 16.0 Å². The second kappa shape index (κ2) is 5.73. The molecule has 1 aromatic rings. The Hall–Kier alpha value is -1.15. The molecule has 0 aliphatic carbocycles. The highest BCUT2D eigenvalue weighted by Gasteiger charge is 2.44. The summed E-state index contributed by atoms with van der Waals surface area (Å²) in [4.78, 5) is 0. The third kappa shape index (κ3) is 2.65. The van der Waals surface area contributed by atoms with Gasteiger partial charge in [-0.2, -0.15) is 12.7 Å². The van der Waals surface area contributed by atoms with Gasteiger partial charge in [0.2, 0.25) is 0 Å². The summed E-state index contributed by atoms with van der Waals surface area (Å²) in [5.41, 5.74) is 1.94. The van der Waals surface area contributed by atoms with Crippen molar-refractivity contribution in [2.24, 2.45) is 0 Å². The third-order valence-electron chi connectivity index (χ3n) is 4.97. The quantitative estimate of drug-likeness (QED) is 0.820. The topological polar surface area (TPSA) is 59.1 Å². The number of benzene rings is 1. The van der Waals surface area contributed by atoms with Crippen molar-refractivity contribution in [1.82, 2.24) is 4.31 Å². The van der Waals surface area contributed by atoms with E-state index in [9.17, 15) is 8.42 Å². The number of ether oxygens (including phenoxy) is 2. The molecule has 7 heteroatoms. The summed E-state index contributed by atoms with van der Waals surface area (Å²) in [5, 5.41) is 0. The fourth-order valence-electron chi connectivity index (χ4n) is 3.72. The number of hydrogen-bond donors (Lipinski definition) is 0. The number of anilines is 1. The Kier molecular flexibility index (Phi) is 3.84. The first kappa shape index (κ1) is 15.4. The summed E-state index contributed by atoms with van der Waals surface area (Å²) in [6, 6.07) is 7.79. The van der Waals surface area contributed by atoms with Gasteiger partial charge in [0.15, 0.2) is 5.79 Å². The summed E-state index contributed by atoms with van der Waals surface area (Å²) in [5.74, 6) is -0.550. The molecule has 0 amide bonds. The normalized spacial score (nSPS) is 24.8. The zero-order valence-electron chi connectivity index (χ0n) is 13.1. The molecule has 0 unspecified atom stereocenters. The van der Waals surface area contributed by atoms with Gasteiger partial charge in [0.05, 0.1) is 18.9 Å². The average molecular weight is 338 g/mol. The predicted molar refractivity (Wildman–Crippen MR) is 86.5 cm³/mol. The lowest BCUT2D eigenvalue weighted by Crippen LogP contribution is -2.52. The molecule has 3 aliphatic rings. The molecule has 2 saturated heterocycles. The Morgan fingerprint density at radius 1 is 1.00 bits per heavy atom. The molecule has 2 fully saturated rings. The van der Waals surface area contributed by atoms with Gasteiger partial charge >= 0.3 is 10.2 Å². The van der Waals surface area contributed by atoms with Crippen molar-refractivity contribution in [3.05, 3.63) is 29.8 Å². The summed E-state index contributed by atoms with van der Waals surface area (Å²) < 4.78 is 40.7. The average Bonchev–Trinajstić information content (AvgIpc) is 3.03. The summed E-state index contributed by atoms with van der Waals surface area (Å²) in [7, 11) is -3.49. The number of fused-ring (bicyclic) bond motifs is 1. The monoisotopic (exact) mass is 338 g/mol. The largest absolute Gasteiger partial charge is 0.347 e. The second-order valence-electron chi connectivity index (χ2n) is 6.32. The van der Waals surface area contributed by atoms with Crippen molar-refractivity contribution in [3.63, 3.8) is 0 Å². The minimum atomic E-state index is -3.49. The molecule has 0 bridgehead atoms. The van der Waals surface area contributed by atoms with Crippen LogP contribution in [0.3, 0.4) is 0 Å². The van der Waals surface area contributed by atoms with Gasteiger partial charge in [-0.3, -0.25) is 4.31 Å². The van der Waals surface area contributed by atoms with E-state index in [-0.39, 0.29) is 0 Å². The van der Waals surface area contributed by atoms with E-state index in [1.54, 1.807) is 8.61 Å². The molecule has 3 heterocycles. The molecule has 23 heavy (non-hydrogen) atoms. The van der Waals surface area contributed by atoms with Gasteiger partial charge in [0, 0.05) is 32.5 Å². The van der Waals surface area contributed by atoms with Crippen LogP contribution in [0.1, 0.15) is 24.8 Å². The van der Waals surface area contributed by atoms with Crippen LogP contribution in [0.2, 0.25) is 0 Å². The lowest BCUT2D eigenvalue weighted by molar-refractivity contribution is -0.179. The SMILES string of the molecule is O=S(=O)(N1CCC2(CC1)OCCO2)N1CCCc2ccccc21. The van der Waals surface area contributed by atoms with Gasteiger partial charge in [-0.1, -0.05) is 18.2 Å². The summed E-state index contributed by atoms with van der Waals surface area (Å²) in [6.07, 6.45) is 3.00. The lowest BCUT2D eigenvalue weighted by Gasteiger charge is -2.40. The number of rotatable bonds is 2. The molecule has 1 aromatic carbocycles. The van der Waals surface area contributed by atoms with Crippen LogP contribution in [0.15, 0.2) is 24.3 Å². The van der Waals surface area contributed by atoms with Crippen LogP contribution in [0.5, 0.6) is 0 Å². The standard InChI is InChI=1S/C16H22N2O4S/c19-23(20,17-10-7-16(8-11-17)21-12-13-22-16)18-9-3-5-14-4-1-2-6-15(14)18/h1-2,4,6H,3,5,7-13H2. The lowest BCUT2D eigenvalue weighted by atomic mass is 10.0. The maximum atomic E-state index is 13.1. The number of nitrogens with zero attached hydrogens (tertiary/aromatic N) is 2. The highest BCUT2D eigenvalue weighted by atomic mass is 32.2. The van der Waals surface area contributed by atoms with Gasteiger partial charge in [-0.05, 0) is 24.5 Å². The first-order valence-corrected chi connectivity index (χ1v) is 9.64. The smallest absolute Gasteiger partial charge is 0.304 e. The van der Waals surface area contributed by atoms with Crippen molar-refractivity contribution in [3.8, 4) is 0 Å². The van der Waals surface area contributed by atoms with E-state index in [2.05, 4.69) is 0 Å². The van der Waals surface area contributed by atoms with Crippen LogP contribution in [-0.4, -0.2) is 51.4 Å². The molecule has 1 spiro atoms. The zero-order chi connectivity index (χ0) is 15.9. The van der Waals surface area contributed by atoms with Crippen LogP contribution >= 0.6 is 0 Å². The van der Waals surface area contributed by atoms with Crippen molar-refractivity contribution in [1.29, 1.82) is 0 Å². The zero-order valence-corrected chi connectivity index (χ0v) is 13.9. The summed E-state index contributed by atoms with van der Waals surface area (Å²) in [6.45, 7) is 2.65. The molecular formula is C16H22N2O4S. The highest BCUT2D eigenvalue weighted by molar-refractivity contribution is 7.90. The maximum Gasteiger partial charge on any atom is 0.304 e.